The second-order valence-electron chi connectivity index (χ2n) is 3.84. The van der Waals surface area contributed by atoms with Crippen molar-refractivity contribution >= 4 is 56.6 Å². The van der Waals surface area contributed by atoms with Crippen molar-refractivity contribution in [1.82, 2.24) is 0 Å². The van der Waals surface area contributed by atoms with E-state index < -0.39 is 9.85 Å². The standard InChI is InChI=1S/C12H6I2N2O4/c13-7-1-3-9(11(5-7)15(17)18)10-4-2-8(14)6-12(10)16(19)20/h1-6H. The van der Waals surface area contributed by atoms with E-state index >= 15 is 0 Å². The Morgan fingerprint density at radius 1 is 0.750 bits per heavy atom. The predicted molar refractivity (Wildman–Crippen MR) is 90.6 cm³/mol. The lowest BCUT2D eigenvalue weighted by Crippen LogP contribution is -1.97. The fourth-order valence-corrected chi connectivity index (χ4v) is 2.72. The van der Waals surface area contributed by atoms with Crippen molar-refractivity contribution in [2.24, 2.45) is 0 Å². The number of nitrogens with zero attached hydrogens (tertiary/aromatic N) is 2. The first kappa shape index (κ1) is 15.1. The van der Waals surface area contributed by atoms with Crippen LogP contribution in [0.2, 0.25) is 0 Å². The van der Waals surface area contributed by atoms with E-state index in [2.05, 4.69) is 0 Å². The van der Waals surface area contributed by atoms with E-state index in [-0.39, 0.29) is 22.5 Å². The smallest absolute Gasteiger partial charge is 0.258 e. The van der Waals surface area contributed by atoms with E-state index in [9.17, 15) is 20.2 Å². The quantitative estimate of drug-likeness (QED) is 0.359. The molecule has 0 bridgehead atoms. The Bertz CT molecular complexity index is 657. The lowest BCUT2D eigenvalue weighted by molar-refractivity contribution is -0.386. The first-order chi connectivity index (χ1) is 9.40. The third-order valence-electron chi connectivity index (χ3n) is 2.60. The Morgan fingerprint density at radius 3 is 1.40 bits per heavy atom. The highest BCUT2D eigenvalue weighted by molar-refractivity contribution is 14.1. The summed E-state index contributed by atoms with van der Waals surface area (Å²) >= 11 is 3.93. The molecule has 0 radical (unpaired) electrons. The first-order valence-corrected chi connectivity index (χ1v) is 7.44. The van der Waals surface area contributed by atoms with Gasteiger partial charge in [0, 0.05) is 19.3 Å². The second kappa shape index (κ2) is 5.99. The van der Waals surface area contributed by atoms with Gasteiger partial charge in [0.15, 0.2) is 0 Å². The second-order valence-corrected chi connectivity index (χ2v) is 6.33. The molecule has 102 valence electrons. The van der Waals surface area contributed by atoms with Crippen LogP contribution in [-0.4, -0.2) is 9.85 Å². The zero-order chi connectivity index (χ0) is 14.9. The molecule has 0 atom stereocenters. The molecule has 2 aromatic rings. The van der Waals surface area contributed by atoms with Crippen LogP contribution in [0.5, 0.6) is 0 Å². The Hall–Kier alpha value is -1.30. The zero-order valence-electron chi connectivity index (χ0n) is 9.75. The summed E-state index contributed by atoms with van der Waals surface area (Å²) in [5, 5.41) is 22.3. The molecule has 0 amide bonds. The molecule has 0 unspecified atom stereocenters. The van der Waals surface area contributed by atoms with Crippen LogP contribution in [0.3, 0.4) is 0 Å². The maximum absolute atomic E-state index is 11.1. The van der Waals surface area contributed by atoms with E-state index in [0.29, 0.717) is 7.14 Å². The van der Waals surface area contributed by atoms with Crippen molar-refractivity contribution in [3.05, 3.63) is 63.8 Å². The van der Waals surface area contributed by atoms with Gasteiger partial charge in [0.25, 0.3) is 11.4 Å². The summed E-state index contributed by atoms with van der Waals surface area (Å²) in [6.45, 7) is 0. The van der Waals surface area contributed by atoms with Crippen molar-refractivity contribution in [3.63, 3.8) is 0 Å². The normalized spacial score (nSPS) is 10.3. The van der Waals surface area contributed by atoms with E-state index in [1.165, 1.54) is 24.3 Å². The van der Waals surface area contributed by atoms with Gasteiger partial charge >= 0.3 is 0 Å². The molecule has 0 saturated carbocycles. The van der Waals surface area contributed by atoms with Gasteiger partial charge in [-0.3, -0.25) is 20.2 Å². The molecule has 6 nitrogen and oxygen atoms in total. The molecule has 0 fully saturated rings. The number of halogens is 2. The highest BCUT2D eigenvalue weighted by atomic mass is 127. The monoisotopic (exact) mass is 496 g/mol. The third kappa shape index (κ3) is 3.06. The SMILES string of the molecule is O=[N+]([O-])c1cc(I)ccc1-c1ccc(I)cc1[N+](=O)[O-]. The highest BCUT2D eigenvalue weighted by Crippen LogP contribution is 2.37. The molecule has 0 aliphatic carbocycles. The van der Waals surface area contributed by atoms with Gasteiger partial charge in [-0.05, 0) is 69.4 Å². The lowest BCUT2D eigenvalue weighted by Gasteiger charge is -2.05. The Kier molecular flexibility index (Phi) is 4.52. The summed E-state index contributed by atoms with van der Waals surface area (Å²) in [5.74, 6) is 0. The van der Waals surface area contributed by atoms with Gasteiger partial charge in [0.05, 0.1) is 21.0 Å². The van der Waals surface area contributed by atoms with Gasteiger partial charge in [0.1, 0.15) is 0 Å². The van der Waals surface area contributed by atoms with Gasteiger partial charge in [0.2, 0.25) is 0 Å². The van der Waals surface area contributed by atoms with Crippen LogP contribution in [-0.2, 0) is 0 Å². The Labute approximate surface area is 140 Å². The van der Waals surface area contributed by atoms with E-state index in [1.807, 2.05) is 45.2 Å². The summed E-state index contributed by atoms with van der Waals surface area (Å²) in [7, 11) is 0. The molecule has 0 aliphatic heterocycles. The summed E-state index contributed by atoms with van der Waals surface area (Å²) in [6, 6.07) is 9.24. The number of benzene rings is 2. The minimum absolute atomic E-state index is 0.138. The third-order valence-corrected chi connectivity index (χ3v) is 3.95. The molecular weight excluding hydrogens is 490 g/mol. The summed E-state index contributed by atoms with van der Waals surface area (Å²) < 4.78 is 1.40. The topological polar surface area (TPSA) is 86.3 Å². The van der Waals surface area contributed by atoms with Crippen molar-refractivity contribution in [2.45, 2.75) is 0 Å². The summed E-state index contributed by atoms with van der Waals surface area (Å²) in [4.78, 5) is 21.2. The zero-order valence-corrected chi connectivity index (χ0v) is 14.1. The molecule has 0 aromatic heterocycles. The van der Waals surface area contributed by atoms with E-state index in [0.717, 1.165) is 0 Å². The number of nitro groups is 2. The van der Waals surface area contributed by atoms with Gasteiger partial charge in [-0.1, -0.05) is 0 Å². The van der Waals surface area contributed by atoms with E-state index in [1.54, 1.807) is 12.1 Å². The molecule has 0 aliphatic rings. The number of hydrogen-bond donors (Lipinski definition) is 0. The van der Waals surface area contributed by atoms with Crippen molar-refractivity contribution in [3.8, 4) is 11.1 Å². The molecule has 0 spiro atoms. The van der Waals surface area contributed by atoms with Crippen LogP contribution in [0.15, 0.2) is 36.4 Å². The van der Waals surface area contributed by atoms with E-state index in [4.69, 9.17) is 0 Å². The molecule has 20 heavy (non-hydrogen) atoms. The molecular formula is C12H6I2N2O4. The molecule has 2 rings (SSSR count). The van der Waals surface area contributed by atoms with Crippen molar-refractivity contribution in [1.29, 1.82) is 0 Å². The average molecular weight is 496 g/mol. The average Bonchev–Trinajstić information content (AvgIpc) is 2.38. The molecule has 0 heterocycles. The first-order valence-electron chi connectivity index (χ1n) is 5.28. The minimum atomic E-state index is -0.529. The fourth-order valence-electron chi connectivity index (χ4n) is 1.77. The van der Waals surface area contributed by atoms with Gasteiger partial charge in [-0.2, -0.15) is 0 Å². The lowest BCUT2D eigenvalue weighted by atomic mass is 10.0. The number of rotatable bonds is 3. The molecule has 0 N–H and O–H groups in total. The molecule has 2 aromatic carbocycles. The van der Waals surface area contributed by atoms with Crippen molar-refractivity contribution < 1.29 is 9.85 Å². The van der Waals surface area contributed by atoms with Gasteiger partial charge in [-0.25, -0.2) is 0 Å². The Morgan fingerprint density at radius 2 is 1.10 bits per heavy atom. The fraction of sp³-hybridized carbons (Fsp3) is 0. The predicted octanol–water partition coefficient (Wildman–Crippen LogP) is 4.38. The number of hydrogen-bond acceptors (Lipinski definition) is 4. The molecule has 8 heteroatoms. The van der Waals surface area contributed by atoms with Crippen LogP contribution >= 0.6 is 45.2 Å². The Balaban J connectivity index is 2.75. The number of nitro benzene ring substituents is 2. The maximum Gasteiger partial charge on any atom is 0.278 e. The van der Waals surface area contributed by atoms with Crippen LogP contribution in [0.4, 0.5) is 11.4 Å². The maximum atomic E-state index is 11.1. The minimum Gasteiger partial charge on any atom is -0.258 e. The summed E-state index contributed by atoms with van der Waals surface area (Å²) in [6.07, 6.45) is 0. The van der Waals surface area contributed by atoms with Crippen LogP contribution in [0.1, 0.15) is 0 Å². The van der Waals surface area contributed by atoms with Crippen molar-refractivity contribution in [2.75, 3.05) is 0 Å². The molecule has 0 saturated heterocycles. The summed E-state index contributed by atoms with van der Waals surface area (Å²) in [5.41, 5.74) is 0.222. The van der Waals surface area contributed by atoms with Gasteiger partial charge in [-0.15, -0.1) is 0 Å². The van der Waals surface area contributed by atoms with Gasteiger partial charge < -0.3 is 0 Å². The van der Waals surface area contributed by atoms with Crippen LogP contribution in [0, 0.1) is 27.4 Å². The largest absolute Gasteiger partial charge is 0.278 e. The van der Waals surface area contributed by atoms with Crippen LogP contribution < -0.4 is 0 Å². The highest BCUT2D eigenvalue weighted by Gasteiger charge is 2.23. The van der Waals surface area contributed by atoms with Crippen LogP contribution in [0.25, 0.3) is 11.1 Å².